The van der Waals surface area contributed by atoms with Crippen LogP contribution in [0.15, 0.2) is 145 Å². The summed E-state index contributed by atoms with van der Waals surface area (Å²) in [5.41, 5.74) is 27.2. The van der Waals surface area contributed by atoms with Gasteiger partial charge in [-0.05, 0) is 184 Å². The van der Waals surface area contributed by atoms with E-state index in [0.717, 1.165) is 25.7 Å². The van der Waals surface area contributed by atoms with Crippen LogP contribution in [0.1, 0.15) is 133 Å². The van der Waals surface area contributed by atoms with Crippen molar-refractivity contribution < 1.29 is 0 Å². The Labute approximate surface area is 370 Å². The fourth-order valence-corrected chi connectivity index (χ4v) is 11.3. The molecule has 0 saturated carbocycles. The van der Waals surface area contributed by atoms with Crippen molar-refractivity contribution in [3.63, 3.8) is 0 Å². The second-order valence-corrected chi connectivity index (χ2v) is 19.6. The first-order valence-electron chi connectivity index (χ1n) is 23.2. The lowest BCUT2D eigenvalue weighted by molar-refractivity contribution is 0.638. The van der Waals surface area contributed by atoms with Gasteiger partial charge in [0.2, 0.25) is 0 Å². The molecule has 3 aliphatic rings. The molecule has 0 aliphatic heterocycles. The van der Waals surface area contributed by atoms with Gasteiger partial charge in [-0.1, -0.05) is 145 Å². The van der Waals surface area contributed by atoms with Crippen LogP contribution in [0.25, 0.3) is 72.0 Å². The van der Waals surface area contributed by atoms with Crippen LogP contribution >= 0.6 is 0 Å². The fourth-order valence-electron chi connectivity index (χ4n) is 11.3. The van der Waals surface area contributed by atoms with Crippen LogP contribution in [-0.2, 0) is 10.8 Å². The highest BCUT2D eigenvalue weighted by Gasteiger charge is 2.39. The molecule has 310 valence electrons. The van der Waals surface area contributed by atoms with E-state index in [1.165, 1.54) is 122 Å². The number of nitrogens with zero attached hydrogens (tertiary/aromatic N) is 1. The number of aryl methyl sites for hydroxylation is 1. The maximum atomic E-state index is 2.53. The molecule has 0 saturated heterocycles. The average molecular weight is 808 g/mol. The molecule has 0 fully saturated rings. The first-order chi connectivity index (χ1) is 29.8. The third-order valence-corrected chi connectivity index (χ3v) is 15.4. The van der Waals surface area contributed by atoms with Crippen molar-refractivity contribution in [3.8, 4) is 39.1 Å². The number of aromatic nitrogens is 1. The smallest absolute Gasteiger partial charge is 0.0541 e. The van der Waals surface area contributed by atoms with E-state index in [4.69, 9.17) is 0 Å². The third kappa shape index (κ3) is 6.02. The molecule has 7 aromatic rings. The van der Waals surface area contributed by atoms with Gasteiger partial charge in [-0.2, -0.15) is 0 Å². The number of allylic oxidation sites excluding steroid dienone is 8. The highest BCUT2D eigenvalue weighted by Crippen LogP contribution is 2.55. The van der Waals surface area contributed by atoms with E-state index in [1.54, 1.807) is 0 Å². The van der Waals surface area contributed by atoms with E-state index in [2.05, 4.69) is 207 Å². The van der Waals surface area contributed by atoms with Gasteiger partial charge in [0.05, 0.1) is 11.0 Å². The molecule has 0 spiro atoms. The highest BCUT2D eigenvalue weighted by molar-refractivity contribution is 6.12. The maximum Gasteiger partial charge on any atom is 0.0541 e. The Morgan fingerprint density at radius 2 is 1.32 bits per heavy atom. The molecule has 1 heterocycles. The summed E-state index contributed by atoms with van der Waals surface area (Å²) < 4.78 is 2.51. The summed E-state index contributed by atoms with van der Waals surface area (Å²) in [5, 5.41) is 2.56. The molecule has 1 aromatic heterocycles. The van der Waals surface area contributed by atoms with Crippen LogP contribution < -0.4 is 0 Å². The van der Waals surface area contributed by atoms with E-state index in [9.17, 15) is 0 Å². The second kappa shape index (κ2) is 14.9. The van der Waals surface area contributed by atoms with Crippen LogP contribution in [0.3, 0.4) is 0 Å². The molecule has 1 nitrogen and oxygen atoms in total. The van der Waals surface area contributed by atoms with Gasteiger partial charge in [0.25, 0.3) is 0 Å². The number of rotatable bonds is 8. The van der Waals surface area contributed by atoms with Crippen LogP contribution in [0, 0.1) is 6.92 Å². The standard InChI is InChI=1S/C61H61N/c1-11-13-20-47-40(6)60(7,8)55-36-44(26-27-48(47)55)62-56-31-24-42(33-50(56)51-35-43(25-32-57(51)62)45-21-16-14-18-38(45)4)41-23-29-53-52(34-41)59-54(61(53,9)10)30-28-49(58(59)37(3)12-2)46-22-17-15-19-39(46)5/h13-16,18-21,23-37H,11-12,17,22H2,1-10H3/b20-13-. The topological polar surface area (TPSA) is 4.93 Å². The summed E-state index contributed by atoms with van der Waals surface area (Å²) in [6.45, 7) is 23.5. The Morgan fingerprint density at radius 1 is 0.645 bits per heavy atom. The van der Waals surface area contributed by atoms with Gasteiger partial charge in [-0.15, -0.1) is 0 Å². The second-order valence-electron chi connectivity index (χ2n) is 19.6. The number of fused-ring (bicyclic) bond motifs is 7. The summed E-state index contributed by atoms with van der Waals surface area (Å²) in [6, 6.07) is 42.6. The first kappa shape index (κ1) is 40.2. The lowest BCUT2D eigenvalue weighted by Crippen LogP contribution is -2.16. The third-order valence-electron chi connectivity index (χ3n) is 15.4. The summed E-state index contributed by atoms with van der Waals surface area (Å²) in [6.07, 6.45) is 13.7. The van der Waals surface area contributed by atoms with E-state index >= 15 is 0 Å². The molecule has 62 heavy (non-hydrogen) atoms. The number of benzene rings is 6. The molecule has 1 heteroatoms. The normalized spacial score (nSPS) is 16.8. The van der Waals surface area contributed by atoms with Crippen molar-refractivity contribution in [2.24, 2.45) is 0 Å². The molecule has 0 N–H and O–H groups in total. The Hall–Kier alpha value is -5.92. The zero-order valence-corrected chi connectivity index (χ0v) is 38.6. The monoisotopic (exact) mass is 807 g/mol. The van der Waals surface area contributed by atoms with E-state index < -0.39 is 0 Å². The van der Waals surface area contributed by atoms with Crippen molar-refractivity contribution in [1.29, 1.82) is 0 Å². The van der Waals surface area contributed by atoms with Gasteiger partial charge >= 0.3 is 0 Å². The Balaban J connectivity index is 1.18. The highest BCUT2D eigenvalue weighted by atomic mass is 15.0. The maximum absolute atomic E-state index is 2.53. The van der Waals surface area contributed by atoms with Gasteiger partial charge in [0, 0.05) is 27.3 Å². The summed E-state index contributed by atoms with van der Waals surface area (Å²) in [4.78, 5) is 0. The van der Waals surface area contributed by atoms with Gasteiger partial charge in [0.1, 0.15) is 0 Å². The molecule has 6 aromatic carbocycles. The SMILES string of the molecule is CC/C=C\C1=C(C)C(C)(C)c2cc(-n3c4ccc(-c5ccc6c(c5)-c5c(ccc(C7=C(C)C=CCC7)c5C(C)CC)C6(C)C)cc4c4cc(-c5ccccc5C)ccc43)ccc21. The van der Waals surface area contributed by atoms with Crippen LogP contribution in [-0.4, -0.2) is 4.57 Å². The minimum absolute atomic E-state index is 0.0534. The molecule has 0 amide bonds. The molecule has 0 bridgehead atoms. The molecule has 1 unspecified atom stereocenters. The predicted molar refractivity (Wildman–Crippen MR) is 269 cm³/mol. The molecule has 10 rings (SSSR count). The molecular formula is C61H61N. The fraction of sp³-hybridized carbons (Fsp3) is 0.279. The Bertz CT molecular complexity index is 3130. The van der Waals surface area contributed by atoms with E-state index in [1.807, 2.05) is 0 Å². The zero-order chi connectivity index (χ0) is 43.2. The molecular weight excluding hydrogens is 747 g/mol. The van der Waals surface area contributed by atoms with Gasteiger partial charge in [-0.3, -0.25) is 0 Å². The van der Waals surface area contributed by atoms with Crippen molar-refractivity contribution in [2.45, 2.75) is 112 Å². The molecule has 1 atom stereocenters. The predicted octanol–water partition coefficient (Wildman–Crippen LogP) is 17.4. The van der Waals surface area contributed by atoms with Crippen molar-refractivity contribution in [2.75, 3.05) is 0 Å². The quantitative estimate of drug-likeness (QED) is 0.144. The number of hydrogen-bond donors (Lipinski definition) is 0. The lowest BCUT2D eigenvalue weighted by atomic mass is 9.78. The van der Waals surface area contributed by atoms with Gasteiger partial charge in [0.15, 0.2) is 0 Å². The van der Waals surface area contributed by atoms with E-state index in [0.29, 0.717) is 5.92 Å². The van der Waals surface area contributed by atoms with Crippen LogP contribution in [0.2, 0.25) is 0 Å². The minimum Gasteiger partial charge on any atom is -0.309 e. The first-order valence-corrected chi connectivity index (χ1v) is 23.2. The molecule has 3 aliphatic carbocycles. The van der Waals surface area contributed by atoms with Crippen LogP contribution in [0.4, 0.5) is 0 Å². The summed E-state index contributed by atoms with van der Waals surface area (Å²) >= 11 is 0. The van der Waals surface area contributed by atoms with Gasteiger partial charge < -0.3 is 4.57 Å². The van der Waals surface area contributed by atoms with Crippen molar-refractivity contribution in [1.82, 2.24) is 4.57 Å². The Kier molecular flexibility index (Phi) is 9.63. The largest absolute Gasteiger partial charge is 0.309 e. The lowest BCUT2D eigenvalue weighted by Gasteiger charge is -2.26. The van der Waals surface area contributed by atoms with Gasteiger partial charge in [-0.25, -0.2) is 0 Å². The van der Waals surface area contributed by atoms with Crippen LogP contribution in [0.5, 0.6) is 0 Å². The molecule has 0 radical (unpaired) electrons. The van der Waals surface area contributed by atoms with Crippen molar-refractivity contribution in [3.05, 3.63) is 184 Å². The average Bonchev–Trinajstić information content (AvgIpc) is 3.80. The number of hydrogen-bond acceptors (Lipinski definition) is 0. The summed E-state index contributed by atoms with van der Waals surface area (Å²) in [5.74, 6) is 0.449. The minimum atomic E-state index is -0.0747. The van der Waals surface area contributed by atoms with Crippen molar-refractivity contribution >= 4 is 33.0 Å². The Morgan fingerprint density at radius 3 is 2.05 bits per heavy atom. The zero-order valence-electron chi connectivity index (χ0n) is 38.6. The van der Waals surface area contributed by atoms with E-state index in [-0.39, 0.29) is 10.8 Å². The summed E-state index contributed by atoms with van der Waals surface area (Å²) in [7, 11) is 0.